The molecule has 5 rings (SSSR count). The van der Waals surface area contributed by atoms with E-state index in [4.69, 9.17) is 16.3 Å². The van der Waals surface area contributed by atoms with Crippen molar-refractivity contribution in [3.8, 4) is 27.3 Å². The Kier molecular flexibility index (Phi) is 5.26. The van der Waals surface area contributed by atoms with Crippen LogP contribution in [0.2, 0.25) is 5.02 Å². The third-order valence-electron chi connectivity index (χ3n) is 5.50. The zero-order valence-electron chi connectivity index (χ0n) is 17.0. The summed E-state index contributed by atoms with van der Waals surface area (Å²) in [7, 11) is 1.76. The Bertz CT molecular complexity index is 1270. The molecule has 0 spiro atoms. The summed E-state index contributed by atoms with van der Waals surface area (Å²) < 4.78 is 6.08. The van der Waals surface area contributed by atoms with Crippen molar-refractivity contribution in [2.75, 3.05) is 18.6 Å². The minimum atomic E-state index is -0.0606. The fraction of sp³-hybridized carbons (Fsp3) is 0.115. The molecule has 0 fully saturated rings. The highest BCUT2D eigenvalue weighted by molar-refractivity contribution is 7.17. The van der Waals surface area contributed by atoms with Crippen LogP contribution in [0.15, 0.2) is 78.9 Å². The summed E-state index contributed by atoms with van der Waals surface area (Å²) in [5.41, 5.74) is 5.16. The third kappa shape index (κ3) is 3.73. The molecule has 0 aliphatic carbocycles. The van der Waals surface area contributed by atoms with Crippen LogP contribution in [0.1, 0.15) is 15.2 Å². The largest absolute Gasteiger partial charge is 0.493 e. The minimum absolute atomic E-state index is 0.0606. The molecule has 0 bridgehead atoms. The van der Waals surface area contributed by atoms with E-state index in [9.17, 15) is 4.79 Å². The molecule has 0 unspecified atom stereocenters. The van der Waals surface area contributed by atoms with Gasteiger partial charge < -0.3 is 9.64 Å². The zero-order chi connectivity index (χ0) is 21.4. The standard InChI is InChI=1S/C26H20ClNO2S/c1-28(22-10-6-5-9-21(22)27)26(29)24-16-19-13-14-30-23-15-18(17-7-3-2-4-8-17)11-12-20(23)25(19)31-24/h2-12,15-16H,13-14H2,1H3. The second-order valence-corrected chi connectivity index (χ2v) is 8.92. The Hall–Kier alpha value is -3.08. The topological polar surface area (TPSA) is 29.5 Å². The lowest BCUT2D eigenvalue weighted by Gasteiger charge is -2.17. The summed E-state index contributed by atoms with van der Waals surface area (Å²) in [4.78, 5) is 16.6. The lowest BCUT2D eigenvalue weighted by molar-refractivity contribution is 0.0996. The van der Waals surface area contributed by atoms with Crippen molar-refractivity contribution in [1.82, 2.24) is 0 Å². The zero-order valence-corrected chi connectivity index (χ0v) is 18.5. The Morgan fingerprint density at radius 1 is 0.968 bits per heavy atom. The van der Waals surface area contributed by atoms with Crippen LogP contribution in [0.25, 0.3) is 21.6 Å². The second kappa shape index (κ2) is 8.22. The molecule has 154 valence electrons. The minimum Gasteiger partial charge on any atom is -0.493 e. The van der Waals surface area contributed by atoms with Gasteiger partial charge in [-0.3, -0.25) is 4.79 Å². The van der Waals surface area contributed by atoms with Crippen LogP contribution in [0.4, 0.5) is 5.69 Å². The molecule has 1 aliphatic heterocycles. The van der Waals surface area contributed by atoms with E-state index in [1.54, 1.807) is 18.0 Å². The number of carbonyl (C=O) groups is 1. The van der Waals surface area contributed by atoms with Crippen LogP contribution in [0, 0.1) is 0 Å². The molecule has 0 atom stereocenters. The lowest BCUT2D eigenvalue weighted by Crippen LogP contribution is -2.25. The molecule has 0 saturated heterocycles. The summed E-state index contributed by atoms with van der Waals surface area (Å²) in [5.74, 6) is 0.801. The highest BCUT2D eigenvalue weighted by Gasteiger charge is 2.24. The summed E-state index contributed by atoms with van der Waals surface area (Å²) in [6.07, 6.45) is 0.768. The number of hydrogen-bond donors (Lipinski definition) is 0. The number of anilines is 1. The number of ether oxygens (including phenoxy) is 1. The molecule has 2 heterocycles. The van der Waals surface area contributed by atoms with Crippen molar-refractivity contribution in [1.29, 1.82) is 0 Å². The van der Waals surface area contributed by atoms with Crippen LogP contribution in [0.5, 0.6) is 5.75 Å². The maximum atomic E-state index is 13.2. The number of para-hydroxylation sites is 1. The molecule has 3 nitrogen and oxygen atoms in total. The fourth-order valence-corrected chi connectivity index (χ4v) is 5.34. The predicted octanol–water partition coefficient (Wildman–Crippen LogP) is 6.95. The van der Waals surface area contributed by atoms with Crippen molar-refractivity contribution in [3.05, 3.63) is 94.3 Å². The van der Waals surface area contributed by atoms with E-state index >= 15 is 0 Å². The quantitative estimate of drug-likeness (QED) is 0.341. The molecular weight excluding hydrogens is 426 g/mol. The fourth-order valence-electron chi connectivity index (χ4n) is 3.86. The van der Waals surface area contributed by atoms with Gasteiger partial charge in [0.05, 0.1) is 22.2 Å². The maximum Gasteiger partial charge on any atom is 0.268 e. The summed E-state index contributed by atoms with van der Waals surface area (Å²) in [6, 6.07) is 26.0. The van der Waals surface area contributed by atoms with Crippen molar-refractivity contribution in [3.63, 3.8) is 0 Å². The van der Waals surface area contributed by atoms with Crippen molar-refractivity contribution >= 4 is 34.5 Å². The van der Waals surface area contributed by atoms with Gasteiger partial charge in [-0.15, -0.1) is 11.3 Å². The highest BCUT2D eigenvalue weighted by atomic mass is 35.5. The molecule has 1 amide bonds. The summed E-state index contributed by atoms with van der Waals surface area (Å²) in [6.45, 7) is 0.586. The van der Waals surface area contributed by atoms with E-state index in [0.29, 0.717) is 22.2 Å². The second-order valence-electron chi connectivity index (χ2n) is 7.46. The van der Waals surface area contributed by atoms with Crippen LogP contribution in [0.3, 0.4) is 0 Å². The van der Waals surface area contributed by atoms with Gasteiger partial charge in [-0.1, -0.05) is 60.1 Å². The van der Waals surface area contributed by atoms with Crippen molar-refractivity contribution in [2.24, 2.45) is 0 Å². The number of amides is 1. The Morgan fingerprint density at radius 2 is 1.74 bits per heavy atom. The number of nitrogens with zero attached hydrogens (tertiary/aromatic N) is 1. The third-order valence-corrected chi connectivity index (χ3v) is 7.02. The number of rotatable bonds is 3. The number of hydrogen-bond acceptors (Lipinski definition) is 3. The number of benzene rings is 3. The normalized spacial score (nSPS) is 12.3. The molecule has 0 saturated carbocycles. The van der Waals surface area contributed by atoms with E-state index < -0.39 is 0 Å². The smallest absolute Gasteiger partial charge is 0.268 e. The van der Waals surface area contributed by atoms with Gasteiger partial charge in [-0.05, 0) is 47.0 Å². The molecule has 0 N–H and O–H groups in total. The Balaban J connectivity index is 1.51. The lowest BCUT2D eigenvalue weighted by atomic mass is 10.0. The SMILES string of the molecule is CN(C(=O)c1cc2c(s1)-c1ccc(-c3ccccc3)cc1OCC2)c1ccccc1Cl. The highest BCUT2D eigenvalue weighted by Crippen LogP contribution is 2.43. The molecule has 31 heavy (non-hydrogen) atoms. The number of thiophene rings is 1. The number of halogens is 1. The maximum absolute atomic E-state index is 13.2. The van der Waals surface area contributed by atoms with Gasteiger partial charge in [-0.2, -0.15) is 0 Å². The molecule has 0 radical (unpaired) electrons. The number of carbonyl (C=O) groups excluding carboxylic acids is 1. The average molecular weight is 446 g/mol. The molecule has 4 aromatic rings. The first kappa shape index (κ1) is 19.9. The van der Waals surface area contributed by atoms with Gasteiger partial charge in [0.1, 0.15) is 5.75 Å². The van der Waals surface area contributed by atoms with Crippen LogP contribution < -0.4 is 9.64 Å². The summed E-state index contributed by atoms with van der Waals surface area (Å²) in [5, 5.41) is 0.559. The van der Waals surface area contributed by atoms with Crippen LogP contribution in [-0.4, -0.2) is 19.6 Å². The van der Waals surface area contributed by atoms with Gasteiger partial charge in [0.15, 0.2) is 0 Å². The molecule has 1 aliphatic rings. The van der Waals surface area contributed by atoms with E-state index in [-0.39, 0.29) is 5.91 Å². The van der Waals surface area contributed by atoms with E-state index in [0.717, 1.165) is 39.3 Å². The van der Waals surface area contributed by atoms with Gasteiger partial charge in [0.25, 0.3) is 5.91 Å². The first-order chi connectivity index (χ1) is 15.1. The van der Waals surface area contributed by atoms with Crippen molar-refractivity contribution < 1.29 is 9.53 Å². The molecular formula is C26H20ClNO2S. The van der Waals surface area contributed by atoms with Gasteiger partial charge in [-0.25, -0.2) is 0 Å². The first-order valence-electron chi connectivity index (χ1n) is 10.1. The van der Waals surface area contributed by atoms with Crippen molar-refractivity contribution in [2.45, 2.75) is 6.42 Å². The molecule has 3 aromatic carbocycles. The van der Waals surface area contributed by atoms with Crippen LogP contribution in [-0.2, 0) is 6.42 Å². The van der Waals surface area contributed by atoms with E-state index in [1.807, 2.05) is 42.5 Å². The van der Waals surface area contributed by atoms with Gasteiger partial charge in [0, 0.05) is 23.9 Å². The van der Waals surface area contributed by atoms with Crippen LogP contribution >= 0.6 is 22.9 Å². The molecule has 1 aromatic heterocycles. The monoisotopic (exact) mass is 445 g/mol. The number of fused-ring (bicyclic) bond motifs is 3. The van der Waals surface area contributed by atoms with E-state index in [2.05, 4.69) is 30.3 Å². The predicted molar refractivity (Wildman–Crippen MR) is 129 cm³/mol. The Morgan fingerprint density at radius 3 is 2.55 bits per heavy atom. The molecule has 5 heteroatoms. The van der Waals surface area contributed by atoms with Gasteiger partial charge >= 0.3 is 0 Å². The summed E-state index contributed by atoms with van der Waals surface area (Å²) >= 11 is 7.81. The average Bonchev–Trinajstić information content (AvgIpc) is 3.15. The van der Waals surface area contributed by atoms with Gasteiger partial charge in [0.2, 0.25) is 0 Å². The Labute approximate surface area is 190 Å². The van der Waals surface area contributed by atoms with E-state index in [1.165, 1.54) is 11.3 Å². The first-order valence-corrected chi connectivity index (χ1v) is 11.3.